The lowest BCUT2D eigenvalue weighted by atomic mass is 10.3. The topological polar surface area (TPSA) is 91.5 Å². The molecule has 7 nitrogen and oxygen atoms in total. The molecule has 1 aromatic carbocycles. The number of aromatic nitrogens is 2. The molecule has 150 valence electrons. The molecular formula is C19H25Cl2N7. The van der Waals surface area contributed by atoms with Gasteiger partial charge in [-0.05, 0) is 64.0 Å². The highest BCUT2D eigenvalue weighted by molar-refractivity contribution is 6.35. The van der Waals surface area contributed by atoms with Crippen LogP contribution in [-0.4, -0.2) is 47.0 Å². The van der Waals surface area contributed by atoms with Gasteiger partial charge in [0.2, 0.25) is 5.96 Å². The number of nitrogens with one attached hydrogen (secondary N) is 2. The standard InChI is InChI=1S/C19H25Cl2N7/c1-13-9-17(23-5-4-8-28-6-2-3-7-28)26-19(24-13)27-18(22)25-16-11-14(20)10-15(21)12-16/h9-12H,2-8H2,1H3,(H4,22,23,24,25,26,27). The Labute approximate surface area is 175 Å². The SMILES string of the molecule is Cc1cc(NCCCN2CCCC2)nc(/N=C(\N)Nc2cc(Cl)cc(Cl)c2)n1. The molecule has 0 bridgehead atoms. The van der Waals surface area contributed by atoms with Crippen molar-refractivity contribution in [1.82, 2.24) is 14.9 Å². The number of aryl methyl sites for hydroxylation is 1. The molecule has 0 amide bonds. The number of halogens is 2. The first kappa shape index (κ1) is 20.6. The van der Waals surface area contributed by atoms with Gasteiger partial charge in [0, 0.05) is 34.0 Å². The van der Waals surface area contributed by atoms with E-state index in [0.717, 1.165) is 31.0 Å². The first-order chi connectivity index (χ1) is 13.5. The van der Waals surface area contributed by atoms with Gasteiger partial charge in [-0.2, -0.15) is 9.98 Å². The second kappa shape index (κ2) is 9.91. The maximum absolute atomic E-state index is 6.00. The van der Waals surface area contributed by atoms with Gasteiger partial charge in [-0.15, -0.1) is 0 Å². The molecule has 0 spiro atoms. The minimum absolute atomic E-state index is 0.156. The van der Waals surface area contributed by atoms with Crippen LogP contribution < -0.4 is 16.4 Å². The highest BCUT2D eigenvalue weighted by Crippen LogP contribution is 2.22. The summed E-state index contributed by atoms with van der Waals surface area (Å²) in [4.78, 5) is 15.5. The third-order valence-electron chi connectivity index (χ3n) is 4.35. The number of hydrogen-bond acceptors (Lipinski definition) is 5. The number of likely N-dealkylation sites (tertiary alicyclic amines) is 1. The first-order valence-electron chi connectivity index (χ1n) is 9.37. The molecule has 2 aromatic rings. The fraction of sp³-hybridized carbons (Fsp3) is 0.421. The molecule has 28 heavy (non-hydrogen) atoms. The summed E-state index contributed by atoms with van der Waals surface area (Å²) in [7, 11) is 0. The number of hydrogen-bond donors (Lipinski definition) is 3. The van der Waals surface area contributed by atoms with E-state index in [1.54, 1.807) is 18.2 Å². The van der Waals surface area contributed by atoms with Gasteiger partial charge in [0.05, 0.1) is 0 Å². The van der Waals surface area contributed by atoms with E-state index in [2.05, 4.69) is 30.5 Å². The zero-order valence-corrected chi connectivity index (χ0v) is 17.4. The smallest absolute Gasteiger partial charge is 0.254 e. The normalized spacial score (nSPS) is 15.0. The molecule has 1 aliphatic rings. The minimum Gasteiger partial charge on any atom is -0.370 e. The number of nitrogens with two attached hydrogens (primary N) is 1. The molecule has 2 heterocycles. The van der Waals surface area contributed by atoms with E-state index in [4.69, 9.17) is 28.9 Å². The minimum atomic E-state index is 0.156. The number of nitrogens with zero attached hydrogens (tertiary/aromatic N) is 4. The molecular weight excluding hydrogens is 397 g/mol. The summed E-state index contributed by atoms with van der Waals surface area (Å²) < 4.78 is 0. The molecule has 9 heteroatoms. The Kier molecular flexibility index (Phi) is 7.30. The van der Waals surface area contributed by atoms with Gasteiger partial charge in [0.1, 0.15) is 5.82 Å². The zero-order chi connectivity index (χ0) is 19.9. The molecule has 0 aliphatic carbocycles. The van der Waals surface area contributed by atoms with Crippen LogP contribution in [0.3, 0.4) is 0 Å². The van der Waals surface area contributed by atoms with Crippen LogP contribution in [0.4, 0.5) is 17.5 Å². The van der Waals surface area contributed by atoms with E-state index in [0.29, 0.717) is 21.7 Å². The van der Waals surface area contributed by atoms with Gasteiger partial charge in [-0.25, -0.2) is 4.98 Å². The quantitative estimate of drug-likeness (QED) is 0.354. The predicted octanol–water partition coefficient (Wildman–Crippen LogP) is 4.05. The van der Waals surface area contributed by atoms with Crippen LogP contribution in [0.2, 0.25) is 10.0 Å². The fourth-order valence-corrected chi connectivity index (χ4v) is 3.65. The van der Waals surface area contributed by atoms with Crippen molar-refractivity contribution in [1.29, 1.82) is 0 Å². The number of benzene rings is 1. The van der Waals surface area contributed by atoms with Crippen molar-refractivity contribution in [2.24, 2.45) is 10.7 Å². The molecule has 0 unspecified atom stereocenters. The lowest BCUT2D eigenvalue weighted by Gasteiger charge is -2.14. The average Bonchev–Trinajstić information content (AvgIpc) is 3.10. The van der Waals surface area contributed by atoms with Gasteiger partial charge < -0.3 is 21.3 Å². The molecule has 1 fully saturated rings. The molecule has 1 saturated heterocycles. The summed E-state index contributed by atoms with van der Waals surface area (Å²) in [6, 6.07) is 6.96. The second-order valence-corrected chi connectivity index (χ2v) is 7.68. The van der Waals surface area contributed by atoms with Crippen LogP contribution in [0, 0.1) is 6.92 Å². The summed E-state index contributed by atoms with van der Waals surface area (Å²) >= 11 is 12.0. The van der Waals surface area contributed by atoms with Crippen molar-refractivity contribution in [2.45, 2.75) is 26.2 Å². The highest BCUT2D eigenvalue weighted by atomic mass is 35.5. The van der Waals surface area contributed by atoms with Gasteiger partial charge in [-0.1, -0.05) is 23.2 Å². The Hall–Kier alpha value is -2.09. The van der Waals surface area contributed by atoms with Crippen molar-refractivity contribution in [3.63, 3.8) is 0 Å². The molecule has 0 radical (unpaired) electrons. The second-order valence-electron chi connectivity index (χ2n) is 6.80. The van der Waals surface area contributed by atoms with Crippen LogP contribution in [-0.2, 0) is 0 Å². The van der Waals surface area contributed by atoms with Crippen molar-refractivity contribution >= 4 is 46.6 Å². The third kappa shape index (κ3) is 6.51. The molecule has 3 rings (SSSR count). The largest absolute Gasteiger partial charge is 0.370 e. The van der Waals surface area contributed by atoms with E-state index in [1.807, 2.05) is 13.0 Å². The predicted molar refractivity (Wildman–Crippen MR) is 117 cm³/mol. The molecule has 1 aliphatic heterocycles. The monoisotopic (exact) mass is 421 g/mol. The van der Waals surface area contributed by atoms with Crippen molar-refractivity contribution in [2.75, 3.05) is 36.8 Å². The lowest BCUT2D eigenvalue weighted by molar-refractivity contribution is 0.337. The van der Waals surface area contributed by atoms with Crippen molar-refractivity contribution in [3.05, 3.63) is 40.0 Å². The van der Waals surface area contributed by atoms with Gasteiger partial charge in [0.15, 0.2) is 0 Å². The Bertz CT molecular complexity index is 815. The molecule has 4 N–H and O–H groups in total. The Morgan fingerprint density at radius 3 is 2.57 bits per heavy atom. The molecule has 1 aromatic heterocycles. The summed E-state index contributed by atoms with van der Waals surface area (Å²) in [5.41, 5.74) is 7.44. The highest BCUT2D eigenvalue weighted by Gasteiger charge is 2.10. The maximum Gasteiger partial charge on any atom is 0.254 e. The fourth-order valence-electron chi connectivity index (χ4n) is 3.13. The Morgan fingerprint density at radius 1 is 1.14 bits per heavy atom. The van der Waals surface area contributed by atoms with E-state index < -0.39 is 0 Å². The van der Waals surface area contributed by atoms with Crippen LogP contribution in [0.1, 0.15) is 25.0 Å². The summed E-state index contributed by atoms with van der Waals surface area (Å²) in [6.45, 7) is 6.30. The molecule has 0 atom stereocenters. The van der Waals surface area contributed by atoms with Crippen LogP contribution in [0.25, 0.3) is 0 Å². The van der Waals surface area contributed by atoms with Crippen molar-refractivity contribution < 1.29 is 0 Å². The van der Waals surface area contributed by atoms with Gasteiger partial charge in [0.25, 0.3) is 5.95 Å². The van der Waals surface area contributed by atoms with E-state index >= 15 is 0 Å². The van der Waals surface area contributed by atoms with Crippen LogP contribution in [0.15, 0.2) is 29.3 Å². The summed E-state index contributed by atoms with van der Waals surface area (Å²) in [5, 5.41) is 7.31. The van der Waals surface area contributed by atoms with E-state index in [1.165, 1.54) is 25.9 Å². The summed E-state index contributed by atoms with van der Waals surface area (Å²) in [5.74, 6) is 1.19. The Balaban J connectivity index is 1.58. The van der Waals surface area contributed by atoms with E-state index in [-0.39, 0.29) is 5.96 Å². The van der Waals surface area contributed by atoms with E-state index in [9.17, 15) is 0 Å². The van der Waals surface area contributed by atoms with Crippen LogP contribution >= 0.6 is 23.2 Å². The lowest BCUT2D eigenvalue weighted by Crippen LogP contribution is -2.22. The number of guanidine groups is 1. The number of rotatable bonds is 7. The first-order valence-corrected chi connectivity index (χ1v) is 10.1. The molecule has 0 saturated carbocycles. The maximum atomic E-state index is 6.00. The number of anilines is 2. The third-order valence-corrected chi connectivity index (χ3v) is 4.79. The zero-order valence-electron chi connectivity index (χ0n) is 15.9. The Morgan fingerprint density at radius 2 is 1.86 bits per heavy atom. The van der Waals surface area contributed by atoms with Gasteiger partial charge >= 0.3 is 0 Å². The number of aliphatic imine (C=N–C) groups is 1. The van der Waals surface area contributed by atoms with Gasteiger partial charge in [-0.3, -0.25) is 0 Å². The van der Waals surface area contributed by atoms with Crippen molar-refractivity contribution in [3.8, 4) is 0 Å². The average molecular weight is 422 g/mol. The van der Waals surface area contributed by atoms with Crippen LogP contribution in [0.5, 0.6) is 0 Å². The summed E-state index contributed by atoms with van der Waals surface area (Å²) in [6.07, 6.45) is 3.70.